The molecule has 0 amide bonds. The molecule has 0 N–H and O–H groups in total. The Balaban J connectivity index is 1.89. The van der Waals surface area contributed by atoms with E-state index >= 15 is 0 Å². The third kappa shape index (κ3) is 2.52. The lowest BCUT2D eigenvalue weighted by atomic mass is 10.1. The summed E-state index contributed by atoms with van der Waals surface area (Å²) in [6.45, 7) is -0.402. The Kier molecular flexibility index (Phi) is 3.20. The molecule has 1 aromatic carbocycles. The van der Waals surface area contributed by atoms with E-state index in [1.165, 1.54) is 11.0 Å². The van der Waals surface area contributed by atoms with Gasteiger partial charge in [-0.2, -0.15) is 13.2 Å². The van der Waals surface area contributed by atoms with E-state index in [0.29, 0.717) is 35.1 Å². The Morgan fingerprint density at radius 3 is 2.65 bits per heavy atom. The average Bonchev–Trinajstić information content (AvgIpc) is 2.60. The van der Waals surface area contributed by atoms with Crippen LogP contribution in [0.2, 0.25) is 0 Å². The van der Waals surface area contributed by atoms with Crippen LogP contribution in [-0.4, -0.2) is 30.7 Å². The first-order valence-corrected chi connectivity index (χ1v) is 6.42. The molecular formula is C14H13F4NO. The molecule has 2 aromatic rings. The zero-order valence-corrected chi connectivity index (χ0v) is 10.6. The standard InChI is InChI=1S/C14H13F4NO/c15-10-2-1-3-12-13(10)9-4-6-19(8-14(16,17)18)7-5-11(9)20-12/h1-3H,4-8H2. The number of benzene rings is 1. The summed E-state index contributed by atoms with van der Waals surface area (Å²) in [5, 5.41) is 0.413. The van der Waals surface area contributed by atoms with Crippen LogP contribution in [0.25, 0.3) is 11.0 Å². The van der Waals surface area contributed by atoms with Gasteiger partial charge in [0.15, 0.2) is 0 Å². The van der Waals surface area contributed by atoms with Gasteiger partial charge in [0.25, 0.3) is 0 Å². The molecule has 0 bridgehead atoms. The van der Waals surface area contributed by atoms with Crippen LogP contribution in [0.3, 0.4) is 0 Å². The van der Waals surface area contributed by atoms with E-state index in [-0.39, 0.29) is 18.9 Å². The quantitative estimate of drug-likeness (QED) is 0.746. The maximum atomic E-state index is 13.9. The fourth-order valence-corrected chi connectivity index (χ4v) is 2.74. The average molecular weight is 287 g/mol. The second-order valence-corrected chi connectivity index (χ2v) is 5.01. The lowest BCUT2D eigenvalue weighted by Crippen LogP contribution is -2.35. The zero-order valence-electron chi connectivity index (χ0n) is 10.6. The van der Waals surface area contributed by atoms with Gasteiger partial charge in [-0.15, -0.1) is 0 Å². The molecule has 0 saturated carbocycles. The first-order chi connectivity index (χ1) is 9.44. The molecule has 0 radical (unpaired) electrons. The van der Waals surface area contributed by atoms with E-state index in [1.807, 2.05) is 0 Å². The molecule has 2 nitrogen and oxygen atoms in total. The molecule has 0 aliphatic carbocycles. The molecule has 0 atom stereocenters. The minimum absolute atomic E-state index is 0.259. The summed E-state index contributed by atoms with van der Waals surface area (Å²) in [5.74, 6) is 0.228. The molecular weight excluding hydrogens is 274 g/mol. The lowest BCUT2D eigenvalue weighted by molar-refractivity contribution is -0.145. The first kappa shape index (κ1) is 13.4. The number of nitrogens with zero attached hydrogens (tertiary/aromatic N) is 1. The number of hydrogen-bond acceptors (Lipinski definition) is 2. The van der Waals surface area contributed by atoms with E-state index in [0.717, 1.165) is 0 Å². The largest absolute Gasteiger partial charge is 0.461 e. The third-order valence-corrected chi connectivity index (χ3v) is 3.58. The number of alkyl halides is 3. The maximum absolute atomic E-state index is 13.9. The highest BCUT2D eigenvalue weighted by molar-refractivity contribution is 5.83. The fourth-order valence-electron chi connectivity index (χ4n) is 2.74. The van der Waals surface area contributed by atoms with Crippen LogP contribution in [0.15, 0.2) is 22.6 Å². The lowest BCUT2D eigenvalue weighted by Gasteiger charge is -2.21. The van der Waals surface area contributed by atoms with Crippen LogP contribution in [-0.2, 0) is 12.8 Å². The van der Waals surface area contributed by atoms with E-state index in [1.54, 1.807) is 12.1 Å². The summed E-state index contributed by atoms with van der Waals surface area (Å²) in [5.41, 5.74) is 1.18. The van der Waals surface area contributed by atoms with Gasteiger partial charge in [0.2, 0.25) is 0 Å². The molecule has 1 aliphatic heterocycles. The Morgan fingerprint density at radius 1 is 1.15 bits per heavy atom. The molecule has 6 heteroatoms. The maximum Gasteiger partial charge on any atom is 0.401 e. The van der Waals surface area contributed by atoms with E-state index in [2.05, 4.69) is 0 Å². The summed E-state index contributed by atoms with van der Waals surface area (Å²) in [7, 11) is 0. The fraction of sp³-hybridized carbons (Fsp3) is 0.429. The number of hydrogen-bond donors (Lipinski definition) is 0. The molecule has 2 heterocycles. The van der Waals surface area contributed by atoms with Crippen LogP contribution in [0, 0.1) is 5.82 Å². The summed E-state index contributed by atoms with van der Waals surface area (Å²) >= 11 is 0. The smallest absolute Gasteiger partial charge is 0.401 e. The Bertz CT molecular complexity index is 632. The van der Waals surface area contributed by atoms with Crippen molar-refractivity contribution >= 4 is 11.0 Å². The van der Waals surface area contributed by atoms with Crippen molar-refractivity contribution in [2.75, 3.05) is 19.6 Å². The molecule has 3 rings (SSSR count). The van der Waals surface area contributed by atoms with Gasteiger partial charge >= 0.3 is 6.18 Å². The van der Waals surface area contributed by atoms with Crippen LogP contribution in [0.5, 0.6) is 0 Å². The monoisotopic (exact) mass is 287 g/mol. The molecule has 20 heavy (non-hydrogen) atoms. The molecule has 1 aromatic heterocycles. The predicted molar refractivity (Wildman–Crippen MR) is 66.1 cm³/mol. The highest BCUT2D eigenvalue weighted by Crippen LogP contribution is 2.31. The number of furan rings is 1. The molecule has 108 valence electrons. The Morgan fingerprint density at radius 2 is 1.90 bits per heavy atom. The van der Waals surface area contributed by atoms with Crippen molar-refractivity contribution in [3.63, 3.8) is 0 Å². The number of halogens is 4. The SMILES string of the molecule is Fc1cccc2oc3c(c12)CCN(CC(F)(F)F)CC3. The van der Waals surface area contributed by atoms with Crippen LogP contribution >= 0.6 is 0 Å². The van der Waals surface area contributed by atoms with E-state index in [9.17, 15) is 17.6 Å². The van der Waals surface area contributed by atoms with Crippen LogP contribution in [0.4, 0.5) is 17.6 Å². The van der Waals surface area contributed by atoms with Crippen molar-refractivity contribution in [3.8, 4) is 0 Å². The van der Waals surface area contributed by atoms with Gasteiger partial charge in [-0.05, 0) is 18.6 Å². The van der Waals surface area contributed by atoms with Gasteiger partial charge in [0.1, 0.15) is 17.2 Å². The topological polar surface area (TPSA) is 16.4 Å². The second-order valence-electron chi connectivity index (χ2n) is 5.01. The minimum atomic E-state index is -4.21. The van der Waals surface area contributed by atoms with Gasteiger partial charge < -0.3 is 4.42 Å². The van der Waals surface area contributed by atoms with Gasteiger partial charge in [-0.3, -0.25) is 4.90 Å². The van der Waals surface area contributed by atoms with Crippen molar-refractivity contribution < 1.29 is 22.0 Å². The van der Waals surface area contributed by atoms with Crippen molar-refractivity contribution in [3.05, 3.63) is 35.3 Å². The summed E-state index contributed by atoms with van der Waals surface area (Å²) < 4.78 is 56.7. The highest BCUT2D eigenvalue weighted by Gasteiger charge is 2.32. The Hall–Kier alpha value is -1.56. The van der Waals surface area contributed by atoms with Crippen molar-refractivity contribution in [1.29, 1.82) is 0 Å². The van der Waals surface area contributed by atoms with E-state index < -0.39 is 12.7 Å². The zero-order chi connectivity index (χ0) is 14.3. The van der Waals surface area contributed by atoms with Crippen molar-refractivity contribution in [1.82, 2.24) is 4.90 Å². The molecule has 0 fully saturated rings. The van der Waals surface area contributed by atoms with Crippen LogP contribution in [0.1, 0.15) is 11.3 Å². The normalized spacial score (nSPS) is 17.2. The molecule has 0 unspecified atom stereocenters. The van der Waals surface area contributed by atoms with E-state index in [4.69, 9.17) is 4.42 Å². The molecule has 0 spiro atoms. The second kappa shape index (κ2) is 4.77. The number of rotatable bonds is 1. The van der Waals surface area contributed by atoms with Crippen molar-refractivity contribution in [2.45, 2.75) is 19.0 Å². The summed E-state index contributed by atoms with van der Waals surface area (Å²) in [6.07, 6.45) is -3.46. The van der Waals surface area contributed by atoms with Crippen LogP contribution < -0.4 is 0 Å². The third-order valence-electron chi connectivity index (χ3n) is 3.58. The number of fused-ring (bicyclic) bond motifs is 3. The van der Waals surface area contributed by atoms with Gasteiger partial charge in [0.05, 0.1) is 11.9 Å². The molecule has 1 aliphatic rings. The minimum Gasteiger partial charge on any atom is -0.461 e. The molecule has 0 saturated heterocycles. The van der Waals surface area contributed by atoms with Crippen molar-refractivity contribution in [2.24, 2.45) is 0 Å². The summed E-state index contributed by atoms with van der Waals surface area (Å²) in [4.78, 5) is 1.34. The van der Waals surface area contributed by atoms with Gasteiger partial charge in [-0.25, -0.2) is 4.39 Å². The Labute approximate surface area is 113 Å². The highest BCUT2D eigenvalue weighted by atomic mass is 19.4. The van der Waals surface area contributed by atoms with Gasteiger partial charge in [0, 0.05) is 25.1 Å². The summed E-state index contributed by atoms with van der Waals surface area (Å²) in [6, 6.07) is 4.59. The van der Waals surface area contributed by atoms with Gasteiger partial charge in [-0.1, -0.05) is 6.07 Å². The predicted octanol–water partition coefficient (Wildman–Crippen LogP) is 3.53. The first-order valence-electron chi connectivity index (χ1n) is 6.42.